The summed E-state index contributed by atoms with van der Waals surface area (Å²) in [5.74, 6) is 0.798. The number of nitrogen functional groups attached to an aromatic ring is 1. The van der Waals surface area contributed by atoms with Gasteiger partial charge in [-0.1, -0.05) is 39.2 Å². The maximum Gasteiger partial charge on any atom is 0.0386 e. The third kappa shape index (κ3) is 4.59. The molecule has 0 bridgehead atoms. The number of hydrogen-bond donors (Lipinski definition) is 1. The summed E-state index contributed by atoms with van der Waals surface area (Å²) in [7, 11) is 0. The Labute approximate surface area is 112 Å². The van der Waals surface area contributed by atoms with E-state index in [2.05, 4.69) is 37.8 Å². The first-order valence-electron chi connectivity index (χ1n) is 7.31. The van der Waals surface area contributed by atoms with Crippen molar-refractivity contribution in [3.63, 3.8) is 0 Å². The Bertz CT molecular complexity index is 336. The van der Waals surface area contributed by atoms with Crippen LogP contribution >= 0.6 is 0 Å². The van der Waals surface area contributed by atoms with E-state index in [0.29, 0.717) is 0 Å². The first-order chi connectivity index (χ1) is 8.71. The molecule has 2 heteroatoms. The normalized spacial score (nSPS) is 12.4. The van der Waals surface area contributed by atoms with Crippen LogP contribution in [0.1, 0.15) is 46.5 Å². The minimum atomic E-state index is 0.798. The molecule has 1 aromatic carbocycles. The van der Waals surface area contributed by atoms with Gasteiger partial charge in [-0.05, 0) is 37.5 Å². The molecule has 0 heterocycles. The highest BCUT2D eigenvalue weighted by molar-refractivity contribution is 5.55. The maximum absolute atomic E-state index is 5.87. The van der Waals surface area contributed by atoms with Gasteiger partial charge < -0.3 is 10.6 Å². The molecular formula is C16H28N2. The summed E-state index contributed by atoms with van der Waals surface area (Å²) < 4.78 is 0. The summed E-state index contributed by atoms with van der Waals surface area (Å²) in [6.45, 7) is 8.98. The number of rotatable bonds is 8. The molecule has 1 rings (SSSR count). The van der Waals surface area contributed by atoms with Gasteiger partial charge in [0.2, 0.25) is 0 Å². The molecular weight excluding hydrogens is 220 g/mol. The van der Waals surface area contributed by atoms with Gasteiger partial charge in [0, 0.05) is 24.5 Å². The van der Waals surface area contributed by atoms with Crippen molar-refractivity contribution in [2.24, 2.45) is 5.92 Å². The molecule has 1 atom stereocenters. The predicted molar refractivity (Wildman–Crippen MR) is 82.0 cm³/mol. The van der Waals surface area contributed by atoms with Crippen molar-refractivity contribution < 1.29 is 0 Å². The second-order valence-electron chi connectivity index (χ2n) is 5.05. The van der Waals surface area contributed by atoms with Crippen molar-refractivity contribution in [3.05, 3.63) is 24.3 Å². The van der Waals surface area contributed by atoms with E-state index in [1.165, 1.54) is 31.4 Å². The zero-order chi connectivity index (χ0) is 13.4. The van der Waals surface area contributed by atoms with Crippen LogP contribution in [0.3, 0.4) is 0 Å². The van der Waals surface area contributed by atoms with E-state index >= 15 is 0 Å². The molecule has 0 saturated carbocycles. The fourth-order valence-electron chi connectivity index (χ4n) is 2.37. The SMILES string of the molecule is CCCCC(CC)CN(CC)c1cccc(N)c1. The monoisotopic (exact) mass is 248 g/mol. The zero-order valence-corrected chi connectivity index (χ0v) is 12.2. The van der Waals surface area contributed by atoms with E-state index in [4.69, 9.17) is 5.73 Å². The Hall–Kier alpha value is -1.18. The van der Waals surface area contributed by atoms with Crippen LogP contribution in [0.25, 0.3) is 0 Å². The molecule has 2 N–H and O–H groups in total. The second-order valence-corrected chi connectivity index (χ2v) is 5.05. The lowest BCUT2D eigenvalue weighted by atomic mass is 9.98. The molecule has 1 aromatic rings. The molecule has 0 spiro atoms. The van der Waals surface area contributed by atoms with Crippen LogP contribution in [0.15, 0.2) is 24.3 Å². The van der Waals surface area contributed by atoms with Crippen LogP contribution in [0, 0.1) is 5.92 Å². The van der Waals surface area contributed by atoms with E-state index < -0.39 is 0 Å². The van der Waals surface area contributed by atoms with Crippen LogP contribution < -0.4 is 10.6 Å². The largest absolute Gasteiger partial charge is 0.399 e. The summed E-state index contributed by atoms with van der Waals surface area (Å²) in [5.41, 5.74) is 7.98. The topological polar surface area (TPSA) is 29.3 Å². The lowest BCUT2D eigenvalue weighted by Gasteiger charge is -2.28. The van der Waals surface area contributed by atoms with E-state index in [0.717, 1.165) is 24.7 Å². The van der Waals surface area contributed by atoms with E-state index in [1.54, 1.807) is 0 Å². The minimum absolute atomic E-state index is 0.798. The Balaban J connectivity index is 2.65. The average molecular weight is 248 g/mol. The highest BCUT2D eigenvalue weighted by atomic mass is 15.1. The first-order valence-corrected chi connectivity index (χ1v) is 7.31. The number of anilines is 2. The van der Waals surface area contributed by atoms with Crippen molar-refractivity contribution in [2.45, 2.75) is 46.5 Å². The van der Waals surface area contributed by atoms with Gasteiger partial charge in [0.05, 0.1) is 0 Å². The van der Waals surface area contributed by atoms with Crippen LogP contribution in [0.2, 0.25) is 0 Å². The highest BCUT2D eigenvalue weighted by Crippen LogP contribution is 2.21. The molecule has 1 unspecified atom stereocenters. The quantitative estimate of drug-likeness (QED) is 0.695. The van der Waals surface area contributed by atoms with E-state index in [9.17, 15) is 0 Å². The number of nitrogens with zero attached hydrogens (tertiary/aromatic N) is 1. The van der Waals surface area contributed by atoms with Crippen molar-refractivity contribution in [2.75, 3.05) is 23.7 Å². The summed E-state index contributed by atoms with van der Waals surface area (Å²) in [6, 6.07) is 8.23. The van der Waals surface area contributed by atoms with Gasteiger partial charge in [-0.15, -0.1) is 0 Å². The van der Waals surface area contributed by atoms with Crippen LogP contribution in [0.4, 0.5) is 11.4 Å². The van der Waals surface area contributed by atoms with Gasteiger partial charge in [-0.25, -0.2) is 0 Å². The third-order valence-electron chi connectivity index (χ3n) is 3.64. The van der Waals surface area contributed by atoms with Crippen LogP contribution in [-0.4, -0.2) is 13.1 Å². The second kappa shape index (κ2) is 8.02. The van der Waals surface area contributed by atoms with Crippen molar-refractivity contribution >= 4 is 11.4 Å². The Morgan fingerprint density at radius 2 is 2.00 bits per heavy atom. The number of unbranched alkanes of at least 4 members (excludes halogenated alkanes) is 1. The number of hydrogen-bond acceptors (Lipinski definition) is 2. The molecule has 0 amide bonds. The predicted octanol–water partition coefficient (Wildman–Crippen LogP) is 4.31. The first kappa shape index (κ1) is 14.9. The van der Waals surface area contributed by atoms with Gasteiger partial charge in [0.25, 0.3) is 0 Å². The minimum Gasteiger partial charge on any atom is -0.399 e. The molecule has 0 aliphatic carbocycles. The van der Waals surface area contributed by atoms with Crippen molar-refractivity contribution in [3.8, 4) is 0 Å². The molecule has 0 fully saturated rings. The Morgan fingerprint density at radius 3 is 2.56 bits per heavy atom. The summed E-state index contributed by atoms with van der Waals surface area (Å²) in [5, 5.41) is 0. The van der Waals surface area contributed by atoms with Gasteiger partial charge in [-0.3, -0.25) is 0 Å². The summed E-state index contributed by atoms with van der Waals surface area (Å²) >= 11 is 0. The lowest BCUT2D eigenvalue weighted by molar-refractivity contribution is 0.448. The third-order valence-corrected chi connectivity index (χ3v) is 3.64. The van der Waals surface area contributed by atoms with E-state index in [1.807, 2.05) is 12.1 Å². The average Bonchev–Trinajstić information content (AvgIpc) is 2.39. The van der Waals surface area contributed by atoms with Crippen LogP contribution in [0.5, 0.6) is 0 Å². The van der Waals surface area contributed by atoms with Gasteiger partial charge in [-0.2, -0.15) is 0 Å². The molecule has 102 valence electrons. The van der Waals surface area contributed by atoms with Crippen molar-refractivity contribution in [1.29, 1.82) is 0 Å². The van der Waals surface area contributed by atoms with Crippen LogP contribution in [-0.2, 0) is 0 Å². The smallest absolute Gasteiger partial charge is 0.0386 e. The standard InChI is InChI=1S/C16H28N2/c1-4-7-9-14(5-2)13-18(6-3)16-11-8-10-15(17)12-16/h8,10-12,14H,4-7,9,13,17H2,1-3H3. The lowest BCUT2D eigenvalue weighted by Crippen LogP contribution is -2.29. The van der Waals surface area contributed by atoms with Gasteiger partial charge in [0.15, 0.2) is 0 Å². The maximum atomic E-state index is 5.87. The molecule has 2 nitrogen and oxygen atoms in total. The summed E-state index contributed by atoms with van der Waals surface area (Å²) in [4.78, 5) is 2.44. The van der Waals surface area contributed by atoms with Gasteiger partial charge >= 0.3 is 0 Å². The molecule has 18 heavy (non-hydrogen) atoms. The highest BCUT2D eigenvalue weighted by Gasteiger charge is 2.12. The zero-order valence-electron chi connectivity index (χ0n) is 12.2. The fourth-order valence-corrected chi connectivity index (χ4v) is 2.37. The Kier molecular flexibility index (Phi) is 6.63. The molecule has 0 aromatic heterocycles. The molecule has 0 aliphatic rings. The van der Waals surface area contributed by atoms with E-state index in [-0.39, 0.29) is 0 Å². The fraction of sp³-hybridized carbons (Fsp3) is 0.625. The Morgan fingerprint density at radius 1 is 1.22 bits per heavy atom. The molecule has 0 aliphatic heterocycles. The molecule has 0 radical (unpaired) electrons. The number of nitrogens with two attached hydrogens (primary N) is 1. The van der Waals surface area contributed by atoms with Crippen molar-refractivity contribution in [1.82, 2.24) is 0 Å². The van der Waals surface area contributed by atoms with Gasteiger partial charge in [0.1, 0.15) is 0 Å². The summed E-state index contributed by atoms with van der Waals surface area (Å²) in [6.07, 6.45) is 5.23. The molecule has 0 saturated heterocycles. The number of benzene rings is 1.